The lowest BCUT2D eigenvalue weighted by Crippen LogP contribution is -2.12. The molecule has 0 saturated heterocycles. The Labute approximate surface area is 97.9 Å². The van der Waals surface area contributed by atoms with Crippen LogP contribution in [-0.4, -0.2) is 0 Å². The monoisotopic (exact) mass is 220 g/mol. The van der Waals surface area contributed by atoms with E-state index in [1.807, 2.05) is 0 Å². The van der Waals surface area contributed by atoms with Crippen LogP contribution in [-0.2, 0) is 11.8 Å². The van der Waals surface area contributed by atoms with Crippen LogP contribution < -0.4 is 0 Å². The molecule has 0 radical (unpaired) electrons. The molecule has 0 aliphatic heterocycles. The maximum absolute atomic E-state index is 13.5. The molecule has 88 valence electrons. The fraction of sp³-hybridized carbons (Fsp3) is 0.600. The van der Waals surface area contributed by atoms with E-state index in [2.05, 4.69) is 26.8 Å². The molecule has 0 heterocycles. The Balaban J connectivity index is 2.14. The number of benzene rings is 1. The lowest BCUT2D eigenvalue weighted by Gasteiger charge is -2.20. The van der Waals surface area contributed by atoms with Crippen molar-refractivity contribution in [2.45, 2.75) is 51.9 Å². The second-order valence-electron chi connectivity index (χ2n) is 6.08. The number of aryl methyl sites for hydroxylation is 1. The molecule has 1 heteroatoms. The molecule has 1 aromatic rings. The highest BCUT2D eigenvalue weighted by Gasteiger charge is 2.21. The van der Waals surface area contributed by atoms with Crippen LogP contribution in [0, 0.1) is 11.7 Å². The van der Waals surface area contributed by atoms with Crippen molar-refractivity contribution in [3.05, 3.63) is 35.1 Å². The SMILES string of the molecule is CC(C)(C)c1cc(F)cc(CCC2CC2)c1. The van der Waals surface area contributed by atoms with E-state index < -0.39 is 0 Å². The van der Waals surface area contributed by atoms with Crippen molar-refractivity contribution in [1.29, 1.82) is 0 Å². The first-order chi connectivity index (χ1) is 7.45. The average Bonchev–Trinajstić information content (AvgIpc) is 2.96. The molecule has 0 atom stereocenters. The first-order valence-electron chi connectivity index (χ1n) is 6.25. The summed E-state index contributed by atoms with van der Waals surface area (Å²) in [4.78, 5) is 0. The molecule has 16 heavy (non-hydrogen) atoms. The van der Waals surface area contributed by atoms with Crippen LogP contribution in [0.2, 0.25) is 0 Å². The van der Waals surface area contributed by atoms with E-state index in [1.165, 1.54) is 19.3 Å². The van der Waals surface area contributed by atoms with Gasteiger partial charge in [0.15, 0.2) is 0 Å². The lowest BCUT2D eigenvalue weighted by atomic mass is 9.85. The van der Waals surface area contributed by atoms with Gasteiger partial charge in [-0.2, -0.15) is 0 Å². The molecule has 1 aliphatic rings. The Morgan fingerprint density at radius 2 is 1.88 bits per heavy atom. The maximum Gasteiger partial charge on any atom is 0.123 e. The topological polar surface area (TPSA) is 0 Å². The highest BCUT2D eigenvalue weighted by atomic mass is 19.1. The first-order valence-corrected chi connectivity index (χ1v) is 6.25. The summed E-state index contributed by atoms with van der Waals surface area (Å²) in [6.45, 7) is 6.39. The molecule has 0 unspecified atom stereocenters. The zero-order chi connectivity index (χ0) is 11.8. The van der Waals surface area contributed by atoms with E-state index in [-0.39, 0.29) is 11.2 Å². The van der Waals surface area contributed by atoms with Crippen molar-refractivity contribution in [2.75, 3.05) is 0 Å². The van der Waals surface area contributed by atoms with Gasteiger partial charge in [0.1, 0.15) is 5.82 Å². The third-order valence-electron chi connectivity index (χ3n) is 3.36. The predicted octanol–water partition coefficient (Wildman–Crippen LogP) is 4.47. The van der Waals surface area contributed by atoms with Gasteiger partial charge >= 0.3 is 0 Å². The fourth-order valence-electron chi connectivity index (χ4n) is 2.01. The molecule has 0 spiro atoms. The zero-order valence-corrected chi connectivity index (χ0v) is 10.5. The number of hydrogen-bond acceptors (Lipinski definition) is 0. The molecule has 1 aromatic carbocycles. The summed E-state index contributed by atoms with van der Waals surface area (Å²) in [6.07, 6.45) is 5.02. The summed E-state index contributed by atoms with van der Waals surface area (Å²) in [5.74, 6) is 0.833. The predicted molar refractivity (Wildman–Crippen MR) is 66.1 cm³/mol. The van der Waals surface area contributed by atoms with Crippen LogP contribution >= 0.6 is 0 Å². The fourth-order valence-corrected chi connectivity index (χ4v) is 2.01. The Bertz CT molecular complexity index is 370. The van der Waals surface area contributed by atoms with E-state index in [0.717, 1.165) is 23.5 Å². The lowest BCUT2D eigenvalue weighted by molar-refractivity contribution is 0.568. The molecule has 1 fully saturated rings. The van der Waals surface area contributed by atoms with Crippen LogP contribution in [0.3, 0.4) is 0 Å². The van der Waals surface area contributed by atoms with Gasteiger partial charge in [-0.3, -0.25) is 0 Å². The molecular weight excluding hydrogens is 199 g/mol. The highest BCUT2D eigenvalue weighted by molar-refractivity contribution is 5.29. The standard InChI is InChI=1S/C15H21F/c1-15(2,3)13-8-12(9-14(16)10-13)7-6-11-4-5-11/h8-11H,4-7H2,1-3H3. The summed E-state index contributed by atoms with van der Waals surface area (Å²) in [5, 5.41) is 0. The van der Waals surface area contributed by atoms with Crippen molar-refractivity contribution in [3.63, 3.8) is 0 Å². The maximum atomic E-state index is 13.5. The first kappa shape index (κ1) is 11.6. The van der Waals surface area contributed by atoms with Crippen LogP contribution in [0.5, 0.6) is 0 Å². The largest absolute Gasteiger partial charge is 0.207 e. The minimum atomic E-state index is -0.0850. The van der Waals surface area contributed by atoms with Crippen molar-refractivity contribution in [2.24, 2.45) is 5.92 Å². The van der Waals surface area contributed by atoms with E-state index in [0.29, 0.717) is 0 Å². The van der Waals surface area contributed by atoms with Crippen molar-refractivity contribution < 1.29 is 4.39 Å². The van der Waals surface area contributed by atoms with Gasteiger partial charge in [-0.1, -0.05) is 39.7 Å². The summed E-state index contributed by atoms with van der Waals surface area (Å²) in [5.41, 5.74) is 2.31. The Morgan fingerprint density at radius 3 is 2.44 bits per heavy atom. The van der Waals surface area contributed by atoms with Gasteiger partial charge in [0, 0.05) is 0 Å². The van der Waals surface area contributed by atoms with Crippen molar-refractivity contribution >= 4 is 0 Å². The Kier molecular flexibility index (Phi) is 3.05. The molecule has 0 amide bonds. The quantitative estimate of drug-likeness (QED) is 0.705. The second-order valence-corrected chi connectivity index (χ2v) is 6.08. The molecule has 0 N–H and O–H groups in total. The molecule has 0 aromatic heterocycles. The summed E-state index contributed by atoms with van der Waals surface area (Å²) >= 11 is 0. The Hall–Kier alpha value is -0.850. The van der Waals surface area contributed by atoms with Gasteiger partial charge in [-0.25, -0.2) is 4.39 Å². The van der Waals surface area contributed by atoms with E-state index in [9.17, 15) is 4.39 Å². The van der Waals surface area contributed by atoms with Crippen LogP contribution in [0.1, 0.15) is 51.2 Å². The second kappa shape index (κ2) is 4.20. The summed E-state index contributed by atoms with van der Waals surface area (Å²) < 4.78 is 13.5. The van der Waals surface area contributed by atoms with Gasteiger partial charge < -0.3 is 0 Å². The van der Waals surface area contributed by atoms with Crippen molar-refractivity contribution in [3.8, 4) is 0 Å². The molecule has 1 saturated carbocycles. The average molecular weight is 220 g/mol. The van der Waals surface area contributed by atoms with E-state index >= 15 is 0 Å². The van der Waals surface area contributed by atoms with Crippen LogP contribution in [0.15, 0.2) is 18.2 Å². The number of hydrogen-bond donors (Lipinski definition) is 0. The minimum absolute atomic E-state index is 0.0381. The normalized spacial score (nSPS) is 16.5. The van der Waals surface area contributed by atoms with Crippen LogP contribution in [0.25, 0.3) is 0 Å². The Morgan fingerprint density at radius 1 is 1.19 bits per heavy atom. The minimum Gasteiger partial charge on any atom is -0.207 e. The summed E-state index contributed by atoms with van der Waals surface area (Å²) in [6, 6.07) is 5.53. The smallest absolute Gasteiger partial charge is 0.123 e. The van der Waals surface area contributed by atoms with Gasteiger partial charge in [0.2, 0.25) is 0 Å². The molecular formula is C15H21F. The number of halogens is 1. The highest BCUT2D eigenvalue weighted by Crippen LogP contribution is 2.34. The third-order valence-corrected chi connectivity index (χ3v) is 3.36. The van der Waals surface area contributed by atoms with Crippen molar-refractivity contribution in [1.82, 2.24) is 0 Å². The third kappa shape index (κ3) is 3.07. The molecule has 0 bridgehead atoms. The van der Waals surface area contributed by atoms with Crippen LogP contribution in [0.4, 0.5) is 4.39 Å². The molecule has 0 nitrogen and oxygen atoms in total. The molecule has 2 rings (SSSR count). The van der Waals surface area contributed by atoms with Gasteiger partial charge in [-0.05, 0) is 47.4 Å². The van der Waals surface area contributed by atoms with Gasteiger partial charge in [0.25, 0.3) is 0 Å². The van der Waals surface area contributed by atoms with E-state index in [4.69, 9.17) is 0 Å². The molecule has 1 aliphatic carbocycles. The number of rotatable bonds is 3. The van der Waals surface area contributed by atoms with Gasteiger partial charge in [-0.15, -0.1) is 0 Å². The van der Waals surface area contributed by atoms with E-state index in [1.54, 1.807) is 12.1 Å². The summed E-state index contributed by atoms with van der Waals surface area (Å²) in [7, 11) is 0. The zero-order valence-electron chi connectivity index (χ0n) is 10.5. The van der Waals surface area contributed by atoms with Gasteiger partial charge in [0.05, 0.1) is 0 Å².